The minimum atomic E-state index is -0.144. The molecule has 0 saturated carbocycles. The molecule has 0 aliphatic heterocycles. The highest BCUT2D eigenvalue weighted by Gasteiger charge is 2.06. The van der Waals surface area contributed by atoms with Gasteiger partial charge in [-0.3, -0.25) is 4.79 Å². The molecule has 0 saturated heterocycles. The fourth-order valence-electron chi connectivity index (χ4n) is 0.977. The van der Waals surface area contributed by atoms with Gasteiger partial charge in [0, 0.05) is 13.6 Å². The molecule has 1 amide bonds. The Labute approximate surface area is 96.0 Å². The van der Waals surface area contributed by atoms with Gasteiger partial charge in [-0.05, 0) is 45.8 Å². The standard InChI is InChI=1S/C10H10BrNOS/c1-3-4-10(13)12(2)6-8-5-9(11)14-7-8/h5,7H,6H2,1-2H3. The Morgan fingerprint density at radius 3 is 2.93 bits per heavy atom. The normalized spacial score (nSPS) is 9.07. The molecule has 0 aromatic carbocycles. The Morgan fingerprint density at radius 1 is 1.71 bits per heavy atom. The SMILES string of the molecule is CC#CC(=O)N(C)Cc1csc(Br)c1. The number of rotatable bonds is 2. The second kappa shape index (κ2) is 5.18. The third kappa shape index (κ3) is 3.17. The van der Waals surface area contributed by atoms with Crippen molar-refractivity contribution in [1.29, 1.82) is 0 Å². The lowest BCUT2D eigenvalue weighted by atomic mass is 10.3. The predicted octanol–water partition coefficient (Wildman–Crippen LogP) is 2.49. The molecule has 0 atom stereocenters. The van der Waals surface area contributed by atoms with Gasteiger partial charge >= 0.3 is 0 Å². The molecular weight excluding hydrogens is 262 g/mol. The van der Waals surface area contributed by atoms with Gasteiger partial charge in [0.2, 0.25) is 0 Å². The molecule has 1 aromatic heterocycles. The third-order valence-corrected chi connectivity index (χ3v) is 3.17. The minimum absolute atomic E-state index is 0.144. The highest BCUT2D eigenvalue weighted by Crippen LogP contribution is 2.21. The van der Waals surface area contributed by atoms with Gasteiger partial charge in [0.05, 0.1) is 3.79 Å². The first-order valence-electron chi connectivity index (χ1n) is 4.04. The lowest BCUT2D eigenvalue weighted by molar-refractivity contribution is -0.124. The largest absolute Gasteiger partial charge is 0.331 e. The third-order valence-electron chi connectivity index (χ3n) is 1.62. The average Bonchev–Trinajstić information content (AvgIpc) is 2.51. The van der Waals surface area contributed by atoms with Gasteiger partial charge in [-0.15, -0.1) is 11.3 Å². The smallest absolute Gasteiger partial charge is 0.298 e. The molecular formula is C10H10BrNOS. The summed E-state index contributed by atoms with van der Waals surface area (Å²) in [5.74, 6) is 4.95. The predicted molar refractivity (Wildman–Crippen MR) is 61.9 cm³/mol. The maximum atomic E-state index is 11.3. The van der Waals surface area contributed by atoms with E-state index >= 15 is 0 Å². The van der Waals surface area contributed by atoms with Crippen molar-refractivity contribution in [2.75, 3.05) is 7.05 Å². The molecule has 74 valence electrons. The molecule has 0 N–H and O–H groups in total. The summed E-state index contributed by atoms with van der Waals surface area (Å²) in [5, 5.41) is 2.02. The number of hydrogen-bond acceptors (Lipinski definition) is 2. The summed E-state index contributed by atoms with van der Waals surface area (Å²) in [4.78, 5) is 12.9. The number of carbonyl (C=O) groups excluding carboxylic acids is 1. The fourth-order valence-corrected chi connectivity index (χ4v) is 2.18. The summed E-state index contributed by atoms with van der Waals surface area (Å²) in [6.07, 6.45) is 0. The minimum Gasteiger partial charge on any atom is -0.331 e. The highest BCUT2D eigenvalue weighted by molar-refractivity contribution is 9.11. The maximum absolute atomic E-state index is 11.3. The van der Waals surface area contributed by atoms with Crippen LogP contribution in [-0.4, -0.2) is 17.9 Å². The van der Waals surface area contributed by atoms with E-state index in [0.29, 0.717) is 6.54 Å². The zero-order chi connectivity index (χ0) is 10.6. The van der Waals surface area contributed by atoms with Crippen LogP contribution < -0.4 is 0 Å². The zero-order valence-corrected chi connectivity index (χ0v) is 10.4. The van der Waals surface area contributed by atoms with Crippen molar-refractivity contribution in [2.24, 2.45) is 0 Å². The molecule has 0 fully saturated rings. The Kier molecular flexibility index (Phi) is 4.18. The number of halogens is 1. The van der Waals surface area contributed by atoms with Crippen molar-refractivity contribution in [3.63, 3.8) is 0 Å². The summed E-state index contributed by atoms with van der Waals surface area (Å²) in [6.45, 7) is 2.27. The number of thiophene rings is 1. The number of nitrogens with zero attached hydrogens (tertiary/aromatic N) is 1. The van der Waals surface area contributed by atoms with E-state index in [2.05, 4.69) is 27.8 Å². The van der Waals surface area contributed by atoms with Gasteiger partial charge in [0.25, 0.3) is 5.91 Å². The van der Waals surface area contributed by atoms with Crippen molar-refractivity contribution < 1.29 is 4.79 Å². The van der Waals surface area contributed by atoms with Crippen LogP contribution in [0.2, 0.25) is 0 Å². The second-order valence-corrected chi connectivity index (χ2v) is 5.09. The Balaban J connectivity index is 2.59. The first kappa shape index (κ1) is 11.3. The van der Waals surface area contributed by atoms with Crippen molar-refractivity contribution in [1.82, 2.24) is 4.90 Å². The number of amides is 1. The van der Waals surface area contributed by atoms with Gasteiger partial charge in [-0.1, -0.05) is 5.92 Å². The van der Waals surface area contributed by atoms with Gasteiger partial charge < -0.3 is 4.90 Å². The summed E-state index contributed by atoms with van der Waals surface area (Å²) >= 11 is 4.99. The van der Waals surface area contributed by atoms with Crippen LogP contribution in [0.5, 0.6) is 0 Å². The van der Waals surface area contributed by atoms with Gasteiger partial charge in [0.15, 0.2) is 0 Å². The van der Waals surface area contributed by atoms with Crippen molar-refractivity contribution in [2.45, 2.75) is 13.5 Å². The Hall–Kier alpha value is -0.790. The van der Waals surface area contributed by atoms with Gasteiger partial charge in [-0.25, -0.2) is 0 Å². The summed E-state index contributed by atoms with van der Waals surface area (Å²) in [5.41, 5.74) is 1.12. The maximum Gasteiger partial charge on any atom is 0.298 e. The van der Waals surface area contributed by atoms with Crippen LogP contribution in [0.1, 0.15) is 12.5 Å². The molecule has 0 aliphatic carbocycles. The van der Waals surface area contributed by atoms with Crippen LogP contribution in [0.4, 0.5) is 0 Å². The highest BCUT2D eigenvalue weighted by atomic mass is 79.9. The van der Waals surface area contributed by atoms with Crippen LogP contribution in [-0.2, 0) is 11.3 Å². The van der Waals surface area contributed by atoms with E-state index in [9.17, 15) is 4.79 Å². The molecule has 14 heavy (non-hydrogen) atoms. The molecule has 0 unspecified atom stereocenters. The van der Waals surface area contributed by atoms with E-state index in [-0.39, 0.29) is 5.91 Å². The van der Waals surface area contributed by atoms with Crippen LogP contribution in [0.25, 0.3) is 0 Å². The average molecular weight is 272 g/mol. The van der Waals surface area contributed by atoms with Crippen LogP contribution in [0, 0.1) is 11.8 Å². The number of hydrogen-bond donors (Lipinski definition) is 0. The van der Waals surface area contributed by atoms with E-state index in [0.717, 1.165) is 9.35 Å². The molecule has 0 radical (unpaired) electrons. The fraction of sp³-hybridized carbons (Fsp3) is 0.300. The molecule has 2 nitrogen and oxygen atoms in total. The summed E-state index contributed by atoms with van der Waals surface area (Å²) in [7, 11) is 1.75. The molecule has 1 aromatic rings. The molecule has 0 aliphatic rings. The quantitative estimate of drug-likeness (QED) is 0.757. The van der Waals surface area contributed by atoms with E-state index in [1.165, 1.54) is 0 Å². The number of carbonyl (C=O) groups is 1. The first-order valence-corrected chi connectivity index (χ1v) is 5.71. The molecule has 0 spiro atoms. The zero-order valence-electron chi connectivity index (χ0n) is 8.00. The summed E-state index contributed by atoms with van der Waals surface area (Å²) < 4.78 is 1.08. The second-order valence-electron chi connectivity index (χ2n) is 2.80. The van der Waals surface area contributed by atoms with Crippen molar-refractivity contribution >= 4 is 33.2 Å². The topological polar surface area (TPSA) is 20.3 Å². The first-order chi connectivity index (χ1) is 6.63. The Morgan fingerprint density at radius 2 is 2.43 bits per heavy atom. The molecule has 1 heterocycles. The van der Waals surface area contributed by atoms with Crippen LogP contribution >= 0.6 is 27.3 Å². The lowest BCUT2D eigenvalue weighted by Crippen LogP contribution is -2.24. The molecule has 1 rings (SSSR count). The Bertz CT molecular complexity index is 388. The van der Waals surface area contributed by atoms with Crippen LogP contribution in [0.3, 0.4) is 0 Å². The van der Waals surface area contributed by atoms with Crippen molar-refractivity contribution in [3.8, 4) is 11.8 Å². The lowest BCUT2D eigenvalue weighted by Gasteiger charge is -2.11. The van der Waals surface area contributed by atoms with E-state index in [4.69, 9.17) is 0 Å². The van der Waals surface area contributed by atoms with Gasteiger partial charge in [-0.2, -0.15) is 0 Å². The van der Waals surface area contributed by atoms with E-state index in [1.54, 1.807) is 30.2 Å². The van der Waals surface area contributed by atoms with E-state index < -0.39 is 0 Å². The van der Waals surface area contributed by atoms with Crippen molar-refractivity contribution in [3.05, 3.63) is 20.8 Å². The summed E-state index contributed by atoms with van der Waals surface area (Å²) in [6, 6.07) is 2.01. The van der Waals surface area contributed by atoms with Crippen LogP contribution in [0.15, 0.2) is 15.2 Å². The van der Waals surface area contributed by atoms with Gasteiger partial charge in [0.1, 0.15) is 0 Å². The monoisotopic (exact) mass is 271 g/mol. The molecule has 4 heteroatoms. The van der Waals surface area contributed by atoms with E-state index in [1.807, 2.05) is 11.4 Å². The molecule has 0 bridgehead atoms.